The molecule has 1 aliphatic heterocycles. The van der Waals surface area contributed by atoms with Crippen molar-refractivity contribution in [2.45, 2.75) is 38.2 Å². The zero-order chi connectivity index (χ0) is 38.8. The summed E-state index contributed by atoms with van der Waals surface area (Å²) in [5.41, 5.74) is 1.32. The van der Waals surface area contributed by atoms with Gasteiger partial charge in [-0.3, -0.25) is 43.6 Å². The van der Waals surface area contributed by atoms with Crippen molar-refractivity contribution in [2.75, 3.05) is 34.4 Å². The molecular formula is C33H38N12O9. The highest BCUT2D eigenvalue weighted by atomic mass is 16.5. The number of amides is 5. The number of nitrogens with zero attached hydrogens (tertiary/aromatic N) is 6. The normalized spacial score (nSPS) is 16.7. The number of aliphatic hydroxyl groups excluding tert-OH is 2. The van der Waals surface area contributed by atoms with Gasteiger partial charge in [-0.05, 0) is 18.2 Å². The van der Waals surface area contributed by atoms with Gasteiger partial charge in [-0.1, -0.05) is 0 Å². The highest BCUT2D eigenvalue weighted by Gasteiger charge is 2.35. The van der Waals surface area contributed by atoms with Crippen molar-refractivity contribution in [3.05, 3.63) is 70.6 Å². The van der Waals surface area contributed by atoms with Crippen molar-refractivity contribution in [2.24, 2.45) is 21.1 Å². The minimum atomic E-state index is -0.921. The van der Waals surface area contributed by atoms with Crippen molar-refractivity contribution in [3.8, 4) is 0 Å². The highest BCUT2D eigenvalue weighted by molar-refractivity contribution is 6.07. The number of nitrogens with one attached hydrogen (secondary N) is 6. The number of fused-ring (bicyclic) bond motifs is 1. The highest BCUT2D eigenvalue weighted by Crippen LogP contribution is 2.30. The summed E-state index contributed by atoms with van der Waals surface area (Å²) in [4.78, 5) is 86.4. The smallest absolute Gasteiger partial charge is 0.280 e. The number of aryl methyl sites for hydroxylation is 3. The maximum atomic E-state index is 13.2. The first-order valence-corrected chi connectivity index (χ1v) is 16.6. The molecule has 54 heavy (non-hydrogen) atoms. The van der Waals surface area contributed by atoms with Gasteiger partial charge in [-0.2, -0.15) is 4.98 Å². The molecule has 3 atom stereocenters. The number of aromatic amines is 1. The number of rotatable bonds is 12. The minimum Gasteiger partial charge on any atom is -0.394 e. The summed E-state index contributed by atoms with van der Waals surface area (Å²) < 4.78 is 11.7. The van der Waals surface area contributed by atoms with E-state index in [9.17, 15) is 39.0 Å². The number of aromatic nitrogens is 7. The third-order valence-electron chi connectivity index (χ3n) is 8.57. The van der Waals surface area contributed by atoms with Crippen molar-refractivity contribution < 1.29 is 38.9 Å². The van der Waals surface area contributed by atoms with Gasteiger partial charge in [0.25, 0.3) is 23.3 Å². The SMILES string of the molecule is CC(=O)Nc1cc(C(=O)Nc2cc(C(=O)Nc3cc(C(=O)NCCC(=O)Nc4nc5c(ncn5[C@H]5C[C@H](O)[C@@H](CO)O5)c(=O)[nH]4)n(C)c3)n(C)c2)n(C)c1. The minimum absolute atomic E-state index is 0.00956. The summed E-state index contributed by atoms with van der Waals surface area (Å²) >= 11 is 0. The number of imidazole rings is 1. The van der Waals surface area contributed by atoms with Gasteiger partial charge in [-0.25, -0.2) is 4.98 Å². The van der Waals surface area contributed by atoms with Gasteiger partial charge in [0.15, 0.2) is 11.2 Å². The lowest BCUT2D eigenvalue weighted by Crippen LogP contribution is -2.29. The predicted octanol–water partition coefficient (Wildman–Crippen LogP) is -0.00260. The van der Waals surface area contributed by atoms with E-state index in [1.807, 2.05) is 0 Å². The van der Waals surface area contributed by atoms with Crippen LogP contribution in [0.25, 0.3) is 11.2 Å². The van der Waals surface area contributed by atoms with E-state index < -0.39 is 54.2 Å². The second kappa shape index (κ2) is 15.2. The first-order valence-electron chi connectivity index (χ1n) is 16.6. The molecule has 0 saturated carbocycles. The van der Waals surface area contributed by atoms with Crippen LogP contribution < -0.4 is 32.1 Å². The number of hydrogen-bond donors (Lipinski definition) is 8. The summed E-state index contributed by atoms with van der Waals surface area (Å²) in [6.45, 7) is 0.896. The number of H-pyrrole nitrogens is 1. The molecular weight excluding hydrogens is 708 g/mol. The third kappa shape index (κ3) is 7.91. The van der Waals surface area contributed by atoms with Crippen molar-refractivity contribution in [1.29, 1.82) is 0 Å². The number of carbonyl (C=O) groups is 5. The topological polar surface area (TPSA) is 274 Å². The monoisotopic (exact) mass is 746 g/mol. The quantitative estimate of drug-likeness (QED) is 0.0842. The summed E-state index contributed by atoms with van der Waals surface area (Å²) in [5, 5.41) is 32.7. The lowest BCUT2D eigenvalue weighted by Gasteiger charge is -2.13. The Labute approximate surface area is 305 Å². The van der Waals surface area contributed by atoms with Crippen LogP contribution in [0.15, 0.2) is 47.9 Å². The van der Waals surface area contributed by atoms with Crippen molar-refractivity contribution in [1.82, 2.24) is 38.5 Å². The van der Waals surface area contributed by atoms with Gasteiger partial charge in [0, 0.05) is 66.0 Å². The van der Waals surface area contributed by atoms with Crippen LogP contribution in [0.3, 0.4) is 0 Å². The molecule has 0 spiro atoms. The molecule has 284 valence electrons. The van der Waals surface area contributed by atoms with Gasteiger partial charge in [0.2, 0.25) is 17.8 Å². The Morgan fingerprint density at radius 3 is 1.96 bits per heavy atom. The van der Waals surface area contributed by atoms with Crippen LogP contribution in [0.1, 0.15) is 57.5 Å². The first kappa shape index (κ1) is 37.2. The Hall–Kier alpha value is -6.58. The molecule has 5 aromatic rings. The zero-order valence-electron chi connectivity index (χ0n) is 29.5. The number of anilines is 4. The van der Waals surface area contributed by atoms with Crippen LogP contribution in [-0.2, 0) is 35.5 Å². The van der Waals surface area contributed by atoms with E-state index in [-0.39, 0.29) is 59.5 Å². The lowest BCUT2D eigenvalue weighted by molar-refractivity contribution is -0.116. The van der Waals surface area contributed by atoms with E-state index >= 15 is 0 Å². The lowest BCUT2D eigenvalue weighted by atomic mass is 10.2. The summed E-state index contributed by atoms with van der Waals surface area (Å²) in [6, 6.07) is 4.48. The van der Waals surface area contributed by atoms with Gasteiger partial charge < -0.3 is 49.9 Å². The number of hydrogen-bond acceptors (Lipinski definition) is 11. The van der Waals surface area contributed by atoms with E-state index in [0.29, 0.717) is 17.1 Å². The van der Waals surface area contributed by atoms with Gasteiger partial charge >= 0.3 is 0 Å². The molecule has 6 heterocycles. The van der Waals surface area contributed by atoms with Crippen LogP contribution in [0.5, 0.6) is 0 Å². The molecule has 0 aromatic carbocycles. The molecule has 8 N–H and O–H groups in total. The van der Waals surface area contributed by atoms with Crippen LogP contribution in [-0.4, -0.2) is 98.3 Å². The first-order chi connectivity index (χ1) is 25.7. The predicted molar refractivity (Wildman–Crippen MR) is 192 cm³/mol. The van der Waals surface area contributed by atoms with E-state index in [4.69, 9.17) is 4.74 Å². The Morgan fingerprint density at radius 2 is 1.43 bits per heavy atom. The molecule has 1 fully saturated rings. The Bertz CT molecular complexity index is 2330. The van der Waals surface area contributed by atoms with Crippen molar-refractivity contribution in [3.63, 3.8) is 0 Å². The second-order valence-electron chi connectivity index (χ2n) is 12.7. The van der Waals surface area contributed by atoms with Crippen LogP contribution >= 0.6 is 0 Å². The Kier molecular flexibility index (Phi) is 10.5. The Balaban J connectivity index is 1.01. The molecule has 0 radical (unpaired) electrons. The average molecular weight is 747 g/mol. The molecule has 6 rings (SSSR count). The van der Waals surface area contributed by atoms with E-state index in [0.717, 1.165) is 0 Å². The van der Waals surface area contributed by atoms with E-state index in [1.54, 1.807) is 38.1 Å². The summed E-state index contributed by atoms with van der Waals surface area (Å²) in [6.07, 6.45) is 3.53. The molecule has 0 bridgehead atoms. The van der Waals surface area contributed by atoms with Crippen LogP contribution in [0.4, 0.5) is 23.0 Å². The van der Waals surface area contributed by atoms with Gasteiger partial charge in [0.1, 0.15) is 29.4 Å². The maximum Gasteiger partial charge on any atom is 0.280 e. The van der Waals surface area contributed by atoms with Crippen molar-refractivity contribution >= 4 is 63.7 Å². The van der Waals surface area contributed by atoms with Crippen LogP contribution in [0, 0.1) is 0 Å². The molecule has 0 unspecified atom stereocenters. The second-order valence-corrected chi connectivity index (χ2v) is 12.7. The average Bonchev–Trinajstić information content (AvgIpc) is 3.92. The Morgan fingerprint density at radius 1 is 0.870 bits per heavy atom. The number of ether oxygens (including phenoxy) is 1. The number of aliphatic hydroxyl groups is 2. The molecule has 5 aromatic heterocycles. The van der Waals surface area contributed by atoms with Crippen LogP contribution in [0.2, 0.25) is 0 Å². The standard InChI is InChI=1S/C33H38N12O9/c1-16(47)36-17-7-21(43(3)11-17)30(51)38-19-9-22(44(4)13-19)31(52)37-18-8-20(42(2)12-18)29(50)34-6-5-25(49)39-33-40-28-27(32(53)41-33)35-15-45(28)26-10-23(48)24(14-46)54-26/h7-9,11-13,15,23-24,26,46,48H,5-6,10,14H2,1-4H3,(H,34,50)(H,36,47)(H,37,52)(H,38,51)(H2,39,40,41,49,53)/t23-,24+,26+/m0/s1. The molecule has 0 aliphatic carbocycles. The molecule has 1 saturated heterocycles. The molecule has 5 amide bonds. The third-order valence-corrected chi connectivity index (χ3v) is 8.57. The van der Waals surface area contributed by atoms with E-state index in [1.165, 1.54) is 51.3 Å². The molecule has 21 nitrogen and oxygen atoms in total. The van der Waals surface area contributed by atoms with E-state index in [2.05, 4.69) is 41.5 Å². The summed E-state index contributed by atoms with van der Waals surface area (Å²) in [5.74, 6) is -2.47. The summed E-state index contributed by atoms with van der Waals surface area (Å²) in [7, 11) is 4.90. The zero-order valence-corrected chi connectivity index (χ0v) is 29.5. The number of carbonyl (C=O) groups excluding carboxylic acids is 5. The maximum absolute atomic E-state index is 13.2. The molecule has 1 aliphatic rings. The van der Waals surface area contributed by atoms with Gasteiger partial charge in [-0.15, -0.1) is 0 Å². The van der Waals surface area contributed by atoms with Gasteiger partial charge in [0.05, 0.1) is 36.1 Å². The fourth-order valence-electron chi connectivity index (χ4n) is 5.99. The fourth-order valence-corrected chi connectivity index (χ4v) is 5.99. The largest absolute Gasteiger partial charge is 0.394 e. The molecule has 21 heteroatoms. The fraction of sp³-hybridized carbons (Fsp3) is 0.333.